The third-order valence-electron chi connectivity index (χ3n) is 1.54. The summed E-state index contributed by atoms with van der Waals surface area (Å²) in [4.78, 5) is 9.46. The number of aromatic hydroxyl groups is 1. The van der Waals surface area contributed by atoms with Crippen molar-refractivity contribution in [1.82, 2.24) is 0 Å². The fourth-order valence-electron chi connectivity index (χ4n) is 0.930. The second kappa shape index (κ2) is 3.87. The lowest BCUT2D eigenvalue weighted by molar-refractivity contribution is -0.387. The molecule has 1 rings (SSSR count). The van der Waals surface area contributed by atoms with Crippen LogP contribution in [0, 0.1) is 10.1 Å². The van der Waals surface area contributed by atoms with Crippen molar-refractivity contribution >= 4 is 21.6 Å². The topological polar surface area (TPSA) is 63.4 Å². The van der Waals surface area contributed by atoms with Gasteiger partial charge in [0.05, 0.1) is 10.5 Å². The molecule has 0 amide bonds. The van der Waals surface area contributed by atoms with E-state index in [-0.39, 0.29) is 4.47 Å². The first-order valence-electron chi connectivity index (χ1n) is 3.39. The molecule has 0 heterocycles. The standard InChI is InChI=1S/C7H4BrF2NO3/c8-5-4(12)2-1-3(7(9)10)6(5)11(13)14/h1-2,7,12H. The van der Waals surface area contributed by atoms with Crippen LogP contribution in [0.3, 0.4) is 0 Å². The molecule has 7 heteroatoms. The normalized spacial score (nSPS) is 10.6. The third-order valence-corrected chi connectivity index (χ3v) is 2.33. The Hall–Kier alpha value is -1.24. The second-order valence-electron chi connectivity index (χ2n) is 2.39. The van der Waals surface area contributed by atoms with Crippen LogP contribution in [-0.2, 0) is 0 Å². The predicted molar refractivity (Wildman–Crippen MR) is 47.4 cm³/mol. The minimum atomic E-state index is -2.95. The Morgan fingerprint density at radius 1 is 1.50 bits per heavy atom. The van der Waals surface area contributed by atoms with Crippen LogP contribution in [0.15, 0.2) is 16.6 Å². The van der Waals surface area contributed by atoms with Gasteiger partial charge in [-0.1, -0.05) is 0 Å². The van der Waals surface area contributed by atoms with Gasteiger partial charge in [-0.25, -0.2) is 8.78 Å². The molecule has 0 aliphatic heterocycles. The number of rotatable bonds is 2. The predicted octanol–water partition coefficient (Wildman–Crippen LogP) is 3.00. The molecule has 0 fully saturated rings. The molecule has 1 aromatic carbocycles. The van der Waals surface area contributed by atoms with Crippen molar-refractivity contribution in [1.29, 1.82) is 0 Å². The number of nitro groups is 1. The maximum Gasteiger partial charge on any atom is 0.296 e. The van der Waals surface area contributed by atoms with Crippen LogP contribution in [0.1, 0.15) is 12.0 Å². The van der Waals surface area contributed by atoms with Gasteiger partial charge in [0.2, 0.25) is 0 Å². The van der Waals surface area contributed by atoms with Crippen molar-refractivity contribution in [3.8, 4) is 5.75 Å². The molecule has 0 aliphatic rings. The number of phenols is 1. The number of halogens is 3. The van der Waals surface area contributed by atoms with Gasteiger partial charge < -0.3 is 5.11 Å². The van der Waals surface area contributed by atoms with E-state index in [2.05, 4.69) is 15.9 Å². The van der Waals surface area contributed by atoms with Crippen LogP contribution >= 0.6 is 15.9 Å². The lowest BCUT2D eigenvalue weighted by Gasteiger charge is -2.04. The lowest BCUT2D eigenvalue weighted by Crippen LogP contribution is -1.97. The number of alkyl halides is 2. The molecule has 0 unspecified atom stereocenters. The Bertz CT molecular complexity index is 383. The molecule has 1 aromatic rings. The number of hydrogen-bond donors (Lipinski definition) is 1. The Morgan fingerprint density at radius 3 is 2.50 bits per heavy atom. The first kappa shape index (κ1) is 10.8. The van der Waals surface area contributed by atoms with E-state index < -0.39 is 28.3 Å². The lowest BCUT2D eigenvalue weighted by atomic mass is 10.2. The fraction of sp³-hybridized carbons (Fsp3) is 0.143. The summed E-state index contributed by atoms with van der Waals surface area (Å²) in [5.74, 6) is -0.443. The highest BCUT2D eigenvalue weighted by Crippen LogP contribution is 2.39. The molecule has 4 nitrogen and oxygen atoms in total. The fourth-order valence-corrected chi connectivity index (χ4v) is 1.44. The molecule has 76 valence electrons. The SMILES string of the molecule is O=[N+]([O-])c1c(C(F)F)ccc(O)c1Br. The van der Waals surface area contributed by atoms with E-state index in [1.165, 1.54) is 0 Å². The highest BCUT2D eigenvalue weighted by molar-refractivity contribution is 9.10. The van der Waals surface area contributed by atoms with E-state index in [0.29, 0.717) is 0 Å². The average Bonchev–Trinajstić information content (AvgIpc) is 2.08. The van der Waals surface area contributed by atoms with Crippen molar-refractivity contribution in [2.45, 2.75) is 6.43 Å². The van der Waals surface area contributed by atoms with E-state index in [1.807, 2.05) is 0 Å². The van der Waals surface area contributed by atoms with Crippen LogP contribution in [-0.4, -0.2) is 10.0 Å². The molecule has 0 spiro atoms. The molecule has 0 aromatic heterocycles. The molecular formula is C7H4BrF2NO3. The molecule has 14 heavy (non-hydrogen) atoms. The van der Waals surface area contributed by atoms with Gasteiger partial charge >= 0.3 is 0 Å². The number of nitro benzene ring substituents is 1. The monoisotopic (exact) mass is 267 g/mol. The Balaban J connectivity index is 3.45. The third kappa shape index (κ3) is 1.82. The van der Waals surface area contributed by atoms with Crippen molar-refractivity contribution in [2.24, 2.45) is 0 Å². The van der Waals surface area contributed by atoms with Crippen LogP contribution in [0.4, 0.5) is 14.5 Å². The van der Waals surface area contributed by atoms with Gasteiger partial charge in [-0.3, -0.25) is 10.1 Å². The van der Waals surface area contributed by atoms with Crippen molar-refractivity contribution < 1.29 is 18.8 Å². The number of phenolic OH excluding ortho intramolecular Hbond substituents is 1. The van der Waals surface area contributed by atoms with Crippen molar-refractivity contribution in [3.05, 3.63) is 32.3 Å². The number of benzene rings is 1. The molecule has 0 saturated carbocycles. The van der Waals surface area contributed by atoms with E-state index >= 15 is 0 Å². The van der Waals surface area contributed by atoms with Crippen LogP contribution in [0.2, 0.25) is 0 Å². The quantitative estimate of drug-likeness (QED) is 0.662. The summed E-state index contributed by atoms with van der Waals surface area (Å²) >= 11 is 2.67. The van der Waals surface area contributed by atoms with Gasteiger partial charge in [0.15, 0.2) is 0 Å². The van der Waals surface area contributed by atoms with Crippen molar-refractivity contribution in [3.63, 3.8) is 0 Å². The number of hydrogen-bond acceptors (Lipinski definition) is 3. The molecule has 1 N–H and O–H groups in total. The van der Waals surface area contributed by atoms with Gasteiger partial charge in [0, 0.05) is 0 Å². The molecule has 0 atom stereocenters. The smallest absolute Gasteiger partial charge is 0.296 e. The second-order valence-corrected chi connectivity index (χ2v) is 3.19. The molecule has 0 radical (unpaired) electrons. The Labute approximate surface area is 85.4 Å². The van der Waals surface area contributed by atoms with Crippen LogP contribution in [0.5, 0.6) is 5.75 Å². The van der Waals surface area contributed by atoms with Gasteiger partial charge in [-0.2, -0.15) is 0 Å². The van der Waals surface area contributed by atoms with Crippen LogP contribution in [0.25, 0.3) is 0 Å². The van der Waals surface area contributed by atoms with Gasteiger partial charge in [-0.15, -0.1) is 0 Å². The summed E-state index contributed by atoms with van der Waals surface area (Å²) in [6, 6.07) is 1.79. The summed E-state index contributed by atoms with van der Waals surface area (Å²) in [7, 11) is 0. The van der Waals surface area contributed by atoms with Gasteiger partial charge in [0.25, 0.3) is 12.1 Å². The first-order chi connectivity index (χ1) is 6.45. The molecule has 0 bridgehead atoms. The largest absolute Gasteiger partial charge is 0.507 e. The van der Waals surface area contributed by atoms with Crippen LogP contribution < -0.4 is 0 Å². The summed E-state index contributed by atoms with van der Waals surface area (Å²) in [5, 5.41) is 19.5. The minimum absolute atomic E-state index is 0.333. The van der Waals surface area contributed by atoms with E-state index in [9.17, 15) is 18.9 Å². The Kier molecular flexibility index (Phi) is 3.00. The zero-order valence-corrected chi connectivity index (χ0v) is 8.16. The highest BCUT2D eigenvalue weighted by atomic mass is 79.9. The highest BCUT2D eigenvalue weighted by Gasteiger charge is 2.26. The maximum atomic E-state index is 12.3. The van der Waals surface area contributed by atoms with E-state index in [1.54, 1.807) is 0 Å². The summed E-state index contributed by atoms with van der Waals surface area (Å²) in [6.45, 7) is 0. The maximum absolute atomic E-state index is 12.3. The number of nitrogens with zero attached hydrogens (tertiary/aromatic N) is 1. The molecule has 0 aliphatic carbocycles. The van der Waals surface area contributed by atoms with E-state index in [4.69, 9.17) is 5.11 Å². The first-order valence-corrected chi connectivity index (χ1v) is 4.18. The Morgan fingerprint density at radius 2 is 2.07 bits per heavy atom. The zero-order chi connectivity index (χ0) is 10.9. The minimum Gasteiger partial charge on any atom is -0.507 e. The zero-order valence-electron chi connectivity index (χ0n) is 6.58. The van der Waals surface area contributed by atoms with Gasteiger partial charge in [0.1, 0.15) is 10.2 Å². The summed E-state index contributed by atoms with van der Waals surface area (Å²) < 4.78 is 24.3. The van der Waals surface area contributed by atoms with E-state index in [0.717, 1.165) is 12.1 Å². The van der Waals surface area contributed by atoms with Crippen molar-refractivity contribution in [2.75, 3.05) is 0 Å². The molecule has 0 saturated heterocycles. The average molecular weight is 268 g/mol. The molecular weight excluding hydrogens is 264 g/mol. The van der Waals surface area contributed by atoms with Gasteiger partial charge in [-0.05, 0) is 28.1 Å². The summed E-state index contributed by atoms with van der Waals surface area (Å²) in [6.07, 6.45) is -2.95. The summed E-state index contributed by atoms with van der Waals surface area (Å²) in [5.41, 5.74) is -1.53.